The van der Waals surface area contributed by atoms with Crippen LogP contribution in [-0.2, 0) is 28.8 Å². The molecule has 14 heteroatoms. The average Bonchev–Trinajstić information content (AvgIpc) is 2.66. The van der Waals surface area contributed by atoms with Gasteiger partial charge >= 0.3 is 17.9 Å². The van der Waals surface area contributed by atoms with Crippen LogP contribution in [0.3, 0.4) is 0 Å². The van der Waals surface area contributed by atoms with Crippen molar-refractivity contribution in [2.24, 2.45) is 11.7 Å². The summed E-state index contributed by atoms with van der Waals surface area (Å²) in [6, 6.07) is -6.00. The number of nitrogens with two attached hydrogens (primary N) is 1. The number of rotatable bonds is 15. The van der Waals surface area contributed by atoms with E-state index in [1.165, 1.54) is 0 Å². The van der Waals surface area contributed by atoms with Crippen LogP contribution in [0.25, 0.3) is 0 Å². The minimum Gasteiger partial charge on any atom is -0.481 e. The summed E-state index contributed by atoms with van der Waals surface area (Å²) in [5.41, 5.74) is 5.74. The van der Waals surface area contributed by atoms with Crippen molar-refractivity contribution in [1.82, 2.24) is 16.0 Å². The van der Waals surface area contributed by atoms with Gasteiger partial charge in [0.25, 0.3) is 0 Å². The van der Waals surface area contributed by atoms with Crippen molar-refractivity contribution in [2.45, 2.75) is 76.7 Å². The molecule has 0 aromatic rings. The van der Waals surface area contributed by atoms with Crippen LogP contribution in [0.5, 0.6) is 0 Å². The van der Waals surface area contributed by atoms with E-state index in [4.69, 9.17) is 21.1 Å². The molecule has 0 rings (SSSR count). The van der Waals surface area contributed by atoms with E-state index in [0.717, 1.165) is 6.92 Å². The molecule has 0 saturated carbocycles. The summed E-state index contributed by atoms with van der Waals surface area (Å²) in [7, 11) is 0. The average molecular weight is 476 g/mol. The van der Waals surface area contributed by atoms with Crippen LogP contribution < -0.4 is 21.7 Å². The summed E-state index contributed by atoms with van der Waals surface area (Å²) >= 11 is 0. The first-order chi connectivity index (χ1) is 15.1. The summed E-state index contributed by atoms with van der Waals surface area (Å²) in [5, 5.41) is 42.9. The number of aliphatic hydroxyl groups excluding tert-OH is 1. The molecule has 0 aliphatic rings. The van der Waals surface area contributed by atoms with Crippen molar-refractivity contribution in [3.05, 3.63) is 0 Å². The van der Waals surface area contributed by atoms with Gasteiger partial charge in [0.05, 0.1) is 18.6 Å². The molecule has 5 atom stereocenters. The van der Waals surface area contributed by atoms with Crippen LogP contribution in [0.1, 0.15) is 46.5 Å². The Kier molecular flexibility index (Phi) is 12.6. The molecule has 0 saturated heterocycles. The zero-order valence-corrected chi connectivity index (χ0v) is 18.6. The van der Waals surface area contributed by atoms with Gasteiger partial charge in [0.15, 0.2) is 6.04 Å². The molecule has 0 radical (unpaired) electrons. The van der Waals surface area contributed by atoms with E-state index in [-0.39, 0.29) is 12.3 Å². The summed E-state index contributed by atoms with van der Waals surface area (Å²) in [4.78, 5) is 70.7. The predicted molar refractivity (Wildman–Crippen MR) is 112 cm³/mol. The Hall–Kier alpha value is -3.26. The number of nitrogens with one attached hydrogen (secondary N) is 3. The predicted octanol–water partition coefficient (Wildman–Crippen LogP) is -2.38. The molecular formula is C19H32N4O10. The second-order valence-corrected chi connectivity index (χ2v) is 7.95. The fourth-order valence-electron chi connectivity index (χ4n) is 2.73. The van der Waals surface area contributed by atoms with Gasteiger partial charge in [-0.3, -0.25) is 24.0 Å². The van der Waals surface area contributed by atoms with E-state index in [9.17, 15) is 33.9 Å². The van der Waals surface area contributed by atoms with Gasteiger partial charge in [-0.2, -0.15) is 0 Å². The topological polar surface area (TPSA) is 245 Å². The molecule has 188 valence electrons. The van der Waals surface area contributed by atoms with Gasteiger partial charge in [0.2, 0.25) is 17.7 Å². The lowest BCUT2D eigenvalue weighted by Crippen LogP contribution is -2.58. The molecule has 0 aliphatic carbocycles. The summed E-state index contributed by atoms with van der Waals surface area (Å²) in [5.74, 6) is -7.32. The van der Waals surface area contributed by atoms with E-state index in [0.29, 0.717) is 0 Å². The van der Waals surface area contributed by atoms with Gasteiger partial charge in [-0.1, -0.05) is 13.8 Å². The van der Waals surface area contributed by atoms with Crippen molar-refractivity contribution >= 4 is 35.6 Å². The Morgan fingerprint density at radius 2 is 1.30 bits per heavy atom. The highest BCUT2D eigenvalue weighted by Crippen LogP contribution is 2.06. The minimum atomic E-state index is -1.75. The number of carbonyl (C=O) groups is 6. The Morgan fingerprint density at radius 1 is 0.788 bits per heavy atom. The highest BCUT2D eigenvalue weighted by Gasteiger charge is 2.33. The highest BCUT2D eigenvalue weighted by molar-refractivity contribution is 5.95. The van der Waals surface area contributed by atoms with Crippen LogP contribution in [0, 0.1) is 5.92 Å². The Labute approximate surface area is 189 Å². The monoisotopic (exact) mass is 476 g/mol. The Morgan fingerprint density at radius 3 is 1.73 bits per heavy atom. The largest absolute Gasteiger partial charge is 0.481 e. The molecule has 3 amide bonds. The maximum absolute atomic E-state index is 12.6. The third-order valence-corrected chi connectivity index (χ3v) is 4.40. The third-order valence-electron chi connectivity index (χ3n) is 4.40. The number of carbonyl (C=O) groups excluding carboxylic acids is 3. The number of amides is 3. The molecule has 0 bridgehead atoms. The van der Waals surface area contributed by atoms with E-state index in [1.54, 1.807) is 13.8 Å². The first-order valence-electron chi connectivity index (χ1n) is 10.2. The first kappa shape index (κ1) is 29.7. The quantitative estimate of drug-likeness (QED) is 0.124. The van der Waals surface area contributed by atoms with Crippen LogP contribution in [0.2, 0.25) is 0 Å². The molecule has 14 nitrogen and oxygen atoms in total. The summed E-state index contributed by atoms with van der Waals surface area (Å²) in [6.07, 6.45) is -3.18. The molecule has 0 heterocycles. The number of hydrogen-bond acceptors (Lipinski definition) is 8. The van der Waals surface area contributed by atoms with Crippen molar-refractivity contribution < 1.29 is 49.2 Å². The summed E-state index contributed by atoms with van der Waals surface area (Å²) < 4.78 is 0. The van der Waals surface area contributed by atoms with E-state index >= 15 is 0 Å². The molecule has 33 heavy (non-hydrogen) atoms. The Bertz CT molecular complexity index is 740. The number of aliphatic hydroxyl groups is 1. The molecular weight excluding hydrogens is 444 g/mol. The number of carboxylic acid groups (broad SMARTS) is 3. The SMILES string of the molecule is CC(C)CC(N)C(=O)NC(CC(=O)O)C(=O)NC(CCC(=O)O)C(=O)NC(C(=O)O)C(C)O. The zero-order chi connectivity index (χ0) is 25.9. The smallest absolute Gasteiger partial charge is 0.328 e. The molecule has 9 N–H and O–H groups in total. The van der Waals surface area contributed by atoms with Crippen LogP contribution in [0.15, 0.2) is 0 Å². The van der Waals surface area contributed by atoms with Gasteiger partial charge < -0.3 is 42.1 Å². The number of carboxylic acids is 3. The van der Waals surface area contributed by atoms with E-state index in [2.05, 4.69) is 10.6 Å². The lowest BCUT2D eigenvalue weighted by molar-refractivity contribution is -0.146. The van der Waals surface area contributed by atoms with Crippen molar-refractivity contribution in [2.75, 3.05) is 0 Å². The van der Waals surface area contributed by atoms with E-state index in [1.807, 2.05) is 5.32 Å². The Balaban J connectivity index is 5.58. The second-order valence-electron chi connectivity index (χ2n) is 7.95. The second kappa shape index (κ2) is 14.0. The van der Waals surface area contributed by atoms with Crippen LogP contribution in [-0.4, -0.2) is 86.3 Å². The van der Waals surface area contributed by atoms with Gasteiger partial charge in [-0.15, -0.1) is 0 Å². The molecule has 5 unspecified atom stereocenters. The zero-order valence-electron chi connectivity index (χ0n) is 18.6. The first-order valence-corrected chi connectivity index (χ1v) is 10.2. The molecule has 0 aliphatic heterocycles. The van der Waals surface area contributed by atoms with Gasteiger partial charge in [0.1, 0.15) is 12.1 Å². The number of aliphatic carboxylic acids is 3. The fourth-order valence-corrected chi connectivity index (χ4v) is 2.73. The third kappa shape index (κ3) is 11.8. The van der Waals surface area contributed by atoms with Gasteiger partial charge in [-0.25, -0.2) is 4.79 Å². The molecule has 0 aromatic heterocycles. The number of hydrogen-bond donors (Lipinski definition) is 8. The maximum Gasteiger partial charge on any atom is 0.328 e. The molecule has 0 fully saturated rings. The standard InChI is InChI=1S/C19H32N4O10/c1-8(2)6-10(20)16(29)22-12(7-14(27)28)18(31)21-11(4-5-13(25)26)17(30)23-15(9(3)24)19(32)33/h8-12,15,24H,4-7,20H2,1-3H3,(H,21,31)(H,22,29)(H,23,30)(H,25,26)(H,27,28)(H,32,33). The fraction of sp³-hybridized carbons (Fsp3) is 0.684. The maximum atomic E-state index is 12.6. The van der Waals surface area contributed by atoms with Gasteiger partial charge in [-0.05, 0) is 25.7 Å². The normalized spacial score (nSPS) is 15.5. The van der Waals surface area contributed by atoms with Crippen molar-refractivity contribution in [3.8, 4) is 0 Å². The van der Waals surface area contributed by atoms with Crippen LogP contribution in [0.4, 0.5) is 0 Å². The summed E-state index contributed by atoms with van der Waals surface area (Å²) in [6.45, 7) is 4.71. The van der Waals surface area contributed by atoms with Crippen molar-refractivity contribution in [1.29, 1.82) is 0 Å². The molecule has 0 aromatic carbocycles. The molecule has 0 spiro atoms. The van der Waals surface area contributed by atoms with E-state index < -0.39 is 85.2 Å². The lowest BCUT2D eigenvalue weighted by atomic mass is 10.0. The van der Waals surface area contributed by atoms with Crippen LogP contribution >= 0.6 is 0 Å². The highest BCUT2D eigenvalue weighted by atomic mass is 16.4. The minimum absolute atomic E-state index is 0.0395. The lowest BCUT2D eigenvalue weighted by Gasteiger charge is -2.25. The van der Waals surface area contributed by atoms with Gasteiger partial charge in [0, 0.05) is 6.42 Å². The van der Waals surface area contributed by atoms with Crippen molar-refractivity contribution in [3.63, 3.8) is 0 Å².